The van der Waals surface area contributed by atoms with Gasteiger partial charge in [-0.1, -0.05) is 42.5 Å². The van der Waals surface area contributed by atoms with Crippen molar-refractivity contribution in [2.24, 2.45) is 0 Å². The normalized spacial score (nSPS) is 13.5. The third-order valence-corrected chi connectivity index (χ3v) is 7.51. The zero-order valence-corrected chi connectivity index (χ0v) is 23.5. The van der Waals surface area contributed by atoms with Gasteiger partial charge in [0.05, 0.1) is 31.9 Å². The van der Waals surface area contributed by atoms with Gasteiger partial charge in [-0.2, -0.15) is 5.10 Å². The first-order valence-electron chi connectivity index (χ1n) is 13.4. The number of nitrogens with zero attached hydrogens (tertiary/aromatic N) is 4. The minimum absolute atomic E-state index is 0.0654. The predicted octanol–water partition coefficient (Wildman–Crippen LogP) is 5.41. The topological polar surface area (TPSA) is 126 Å². The van der Waals surface area contributed by atoms with Crippen molar-refractivity contribution >= 4 is 23.3 Å². The van der Waals surface area contributed by atoms with Gasteiger partial charge in [0.15, 0.2) is 5.69 Å². The van der Waals surface area contributed by atoms with Gasteiger partial charge >= 0.3 is 11.9 Å². The van der Waals surface area contributed by atoms with E-state index in [4.69, 9.17) is 14.2 Å². The molecule has 0 amide bonds. The summed E-state index contributed by atoms with van der Waals surface area (Å²) in [6.45, 7) is 1.23. The first kappa shape index (κ1) is 28.3. The SMILES string of the molecule is COC(=O)c1c(-c2ccc(N3CCC(c4ccccc4OC)CC3)c([N+](=O)[O-])c2)nn(-c2ccccc2)c1C(=O)OC. The Balaban J connectivity index is 1.54. The fraction of sp³-hybridized carbons (Fsp3) is 0.258. The summed E-state index contributed by atoms with van der Waals surface area (Å²) in [5, 5.41) is 16.9. The van der Waals surface area contributed by atoms with Crippen LogP contribution in [0.1, 0.15) is 45.2 Å². The summed E-state index contributed by atoms with van der Waals surface area (Å²) in [6, 6.07) is 21.4. The second-order valence-corrected chi connectivity index (χ2v) is 9.77. The Bertz CT molecular complexity index is 1630. The van der Waals surface area contributed by atoms with Gasteiger partial charge in [-0.3, -0.25) is 10.1 Å². The fourth-order valence-corrected chi connectivity index (χ4v) is 5.48. The number of carbonyl (C=O) groups is 2. The van der Waals surface area contributed by atoms with Crippen molar-refractivity contribution in [1.29, 1.82) is 0 Å². The standard InChI is InChI=1S/C31H30N4O7/c1-40-26-12-8-7-11-23(26)20-15-17-33(18-16-20)24-14-13-21(19-25(24)35(38)39)28-27(30(36)41-2)29(31(37)42-3)34(32-28)22-9-5-4-6-10-22/h4-14,19-20H,15-18H2,1-3H3. The number of benzene rings is 3. The molecule has 1 fully saturated rings. The Morgan fingerprint density at radius 1 is 0.905 bits per heavy atom. The lowest BCUT2D eigenvalue weighted by Crippen LogP contribution is -2.33. The molecule has 5 rings (SSSR count). The predicted molar refractivity (Wildman–Crippen MR) is 156 cm³/mol. The number of aromatic nitrogens is 2. The molecule has 1 aliphatic heterocycles. The highest BCUT2D eigenvalue weighted by atomic mass is 16.6. The Morgan fingerprint density at radius 2 is 1.57 bits per heavy atom. The average molecular weight is 571 g/mol. The number of hydrogen-bond donors (Lipinski definition) is 0. The van der Waals surface area contributed by atoms with Crippen LogP contribution >= 0.6 is 0 Å². The van der Waals surface area contributed by atoms with Crippen molar-refractivity contribution in [3.8, 4) is 22.7 Å². The van der Waals surface area contributed by atoms with Crippen LogP contribution in [0.4, 0.5) is 11.4 Å². The van der Waals surface area contributed by atoms with E-state index in [9.17, 15) is 19.7 Å². The van der Waals surface area contributed by atoms with E-state index in [1.54, 1.807) is 49.6 Å². The van der Waals surface area contributed by atoms with Crippen LogP contribution in [-0.4, -0.2) is 61.1 Å². The lowest BCUT2D eigenvalue weighted by atomic mass is 9.88. The number of rotatable bonds is 8. The molecule has 4 aromatic rings. The van der Waals surface area contributed by atoms with Crippen molar-refractivity contribution in [3.05, 3.63) is 99.7 Å². The van der Waals surface area contributed by atoms with Crippen molar-refractivity contribution in [2.45, 2.75) is 18.8 Å². The quantitative estimate of drug-likeness (QED) is 0.155. The second-order valence-electron chi connectivity index (χ2n) is 9.77. The molecule has 0 N–H and O–H groups in total. The van der Waals surface area contributed by atoms with Crippen LogP contribution in [0.5, 0.6) is 5.75 Å². The van der Waals surface area contributed by atoms with Crippen molar-refractivity contribution in [2.75, 3.05) is 39.3 Å². The summed E-state index contributed by atoms with van der Waals surface area (Å²) >= 11 is 0. The Morgan fingerprint density at radius 3 is 2.21 bits per heavy atom. The highest BCUT2D eigenvalue weighted by molar-refractivity contribution is 6.07. The maximum absolute atomic E-state index is 13.0. The summed E-state index contributed by atoms with van der Waals surface area (Å²) in [5.74, 6) is -0.509. The number of nitro groups is 1. The molecular formula is C31H30N4O7. The Hall–Kier alpha value is -5.19. The van der Waals surface area contributed by atoms with Gasteiger partial charge < -0.3 is 19.1 Å². The number of piperidine rings is 1. The first-order chi connectivity index (χ1) is 20.4. The molecule has 0 radical (unpaired) electrons. The number of para-hydroxylation sites is 2. The monoisotopic (exact) mass is 570 g/mol. The molecule has 216 valence electrons. The van der Waals surface area contributed by atoms with E-state index < -0.39 is 16.9 Å². The summed E-state index contributed by atoms with van der Waals surface area (Å²) in [7, 11) is 4.04. The van der Waals surface area contributed by atoms with Crippen LogP contribution in [-0.2, 0) is 9.47 Å². The molecule has 0 aliphatic carbocycles. The third kappa shape index (κ3) is 5.28. The van der Waals surface area contributed by atoms with Gasteiger partial charge in [-0.15, -0.1) is 0 Å². The van der Waals surface area contributed by atoms with Crippen molar-refractivity contribution < 1.29 is 28.7 Å². The van der Waals surface area contributed by atoms with Gasteiger partial charge in [0.25, 0.3) is 5.69 Å². The van der Waals surface area contributed by atoms with Crippen LogP contribution in [0.3, 0.4) is 0 Å². The van der Waals surface area contributed by atoms with Crippen molar-refractivity contribution in [1.82, 2.24) is 9.78 Å². The molecule has 11 nitrogen and oxygen atoms in total. The summed E-state index contributed by atoms with van der Waals surface area (Å²) in [6.07, 6.45) is 1.60. The molecule has 3 aromatic carbocycles. The van der Waals surface area contributed by atoms with Gasteiger partial charge in [-0.05, 0) is 48.6 Å². The number of hydrogen-bond acceptors (Lipinski definition) is 9. The van der Waals surface area contributed by atoms with Crippen LogP contribution in [0.2, 0.25) is 0 Å². The molecule has 0 atom stereocenters. The summed E-state index contributed by atoms with van der Waals surface area (Å²) < 4.78 is 16.8. The molecule has 0 spiro atoms. The molecule has 1 saturated heterocycles. The number of nitro benzene ring substituents is 1. The molecule has 2 heterocycles. The summed E-state index contributed by atoms with van der Waals surface area (Å²) in [5.41, 5.74) is 2.04. The molecule has 0 unspecified atom stereocenters. The largest absolute Gasteiger partial charge is 0.496 e. The molecule has 1 aliphatic rings. The smallest absolute Gasteiger partial charge is 0.357 e. The maximum atomic E-state index is 13.0. The van der Waals surface area contributed by atoms with Gasteiger partial charge in [0.2, 0.25) is 0 Å². The maximum Gasteiger partial charge on any atom is 0.357 e. The zero-order chi connectivity index (χ0) is 29.8. The van der Waals surface area contributed by atoms with Gasteiger partial charge in [-0.25, -0.2) is 14.3 Å². The Kier molecular flexibility index (Phi) is 8.19. The fourth-order valence-electron chi connectivity index (χ4n) is 5.48. The molecule has 42 heavy (non-hydrogen) atoms. The number of methoxy groups -OCH3 is 3. The van der Waals surface area contributed by atoms with E-state index in [-0.39, 0.29) is 34.1 Å². The average Bonchev–Trinajstić information content (AvgIpc) is 3.45. The molecule has 0 bridgehead atoms. The Labute approximate surface area is 242 Å². The highest BCUT2D eigenvalue weighted by Gasteiger charge is 2.33. The first-order valence-corrected chi connectivity index (χ1v) is 13.4. The van der Waals surface area contributed by atoms with E-state index in [0.717, 1.165) is 24.2 Å². The van der Waals surface area contributed by atoms with Gasteiger partial charge in [0, 0.05) is 24.7 Å². The van der Waals surface area contributed by atoms with Crippen LogP contribution in [0, 0.1) is 10.1 Å². The molecular weight excluding hydrogens is 540 g/mol. The van der Waals surface area contributed by atoms with Gasteiger partial charge in [0.1, 0.15) is 22.7 Å². The van der Waals surface area contributed by atoms with E-state index in [2.05, 4.69) is 11.2 Å². The molecule has 0 saturated carbocycles. The second kappa shape index (κ2) is 12.1. The van der Waals surface area contributed by atoms with E-state index in [0.29, 0.717) is 24.5 Å². The van der Waals surface area contributed by atoms with Crippen LogP contribution < -0.4 is 9.64 Å². The number of carbonyl (C=O) groups excluding carboxylic acids is 2. The minimum Gasteiger partial charge on any atom is -0.496 e. The lowest BCUT2D eigenvalue weighted by molar-refractivity contribution is -0.384. The van der Waals surface area contributed by atoms with E-state index in [1.807, 2.05) is 23.1 Å². The van der Waals surface area contributed by atoms with Crippen molar-refractivity contribution in [3.63, 3.8) is 0 Å². The summed E-state index contributed by atoms with van der Waals surface area (Å²) in [4.78, 5) is 39.7. The van der Waals surface area contributed by atoms with E-state index in [1.165, 1.54) is 25.0 Å². The molecule has 11 heteroatoms. The number of ether oxygens (including phenoxy) is 3. The van der Waals surface area contributed by atoms with Crippen LogP contribution in [0.25, 0.3) is 16.9 Å². The lowest BCUT2D eigenvalue weighted by Gasteiger charge is -2.34. The third-order valence-electron chi connectivity index (χ3n) is 7.51. The molecule has 1 aromatic heterocycles. The zero-order valence-electron chi connectivity index (χ0n) is 23.5. The van der Waals surface area contributed by atoms with E-state index >= 15 is 0 Å². The minimum atomic E-state index is -0.822. The van der Waals surface area contributed by atoms with Crippen LogP contribution in [0.15, 0.2) is 72.8 Å². The number of esters is 2. The number of anilines is 1. The highest BCUT2D eigenvalue weighted by Crippen LogP contribution is 2.40.